The molecule has 2 aromatic rings. The predicted molar refractivity (Wildman–Crippen MR) is 110 cm³/mol. The predicted octanol–water partition coefficient (Wildman–Crippen LogP) is 3.83. The number of aromatic hydroxyl groups is 1. The van der Waals surface area contributed by atoms with Crippen molar-refractivity contribution in [1.82, 2.24) is 4.90 Å². The van der Waals surface area contributed by atoms with E-state index in [1.54, 1.807) is 31.2 Å². The van der Waals surface area contributed by atoms with Crippen molar-refractivity contribution in [3.63, 3.8) is 0 Å². The quantitative estimate of drug-likeness (QED) is 0.759. The van der Waals surface area contributed by atoms with Crippen LogP contribution in [-0.4, -0.2) is 40.6 Å². The molecule has 1 amide bonds. The number of nitrogens with zero attached hydrogens (tertiary/aromatic N) is 1. The van der Waals surface area contributed by atoms with Crippen molar-refractivity contribution in [3.05, 3.63) is 59.3 Å². The molecule has 1 aromatic carbocycles. The van der Waals surface area contributed by atoms with E-state index in [4.69, 9.17) is 13.9 Å². The standard InChI is InChI=1S/C24H24FNO6/c1-2-30-19-10-13(5-7-17(19)27)21-20-22(28)16-11-14(25)6-8-18(16)32-23(20)24(29)26(21)12-15-4-3-9-31-15/h3-5,7,9-10,14,16,18,21,27H,2,6,8,11-12H2,1H3. The smallest absolute Gasteiger partial charge is 0.290 e. The van der Waals surface area contributed by atoms with E-state index >= 15 is 0 Å². The minimum absolute atomic E-state index is 0.0365. The first-order valence-electron chi connectivity index (χ1n) is 10.9. The van der Waals surface area contributed by atoms with Gasteiger partial charge in [-0.15, -0.1) is 0 Å². The fourth-order valence-corrected chi connectivity index (χ4v) is 4.91. The van der Waals surface area contributed by atoms with Gasteiger partial charge in [-0.1, -0.05) is 6.07 Å². The zero-order valence-corrected chi connectivity index (χ0v) is 17.6. The average Bonchev–Trinajstić information content (AvgIpc) is 3.38. The van der Waals surface area contributed by atoms with E-state index in [9.17, 15) is 19.1 Å². The van der Waals surface area contributed by atoms with Crippen LogP contribution in [0.4, 0.5) is 4.39 Å². The van der Waals surface area contributed by atoms with Crippen LogP contribution in [-0.2, 0) is 20.9 Å². The lowest BCUT2D eigenvalue weighted by atomic mass is 9.77. The minimum atomic E-state index is -1.06. The lowest BCUT2D eigenvalue weighted by molar-refractivity contribution is -0.136. The number of ether oxygens (including phenoxy) is 2. The van der Waals surface area contributed by atoms with Crippen LogP contribution in [0, 0.1) is 5.92 Å². The highest BCUT2D eigenvalue weighted by molar-refractivity contribution is 6.11. The third-order valence-electron chi connectivity index (χ3n) is 6.38. The maximum Gasteiger partial charge on any atom is 0.290 e. The Kier molecular flexibility index (Phi) is 5.15. The van der Waals surface area contributed by atoms with Crippen LogP contribution in [0.2, 0.25) is 0 Å². The Morgan fingerprint density at radius 3 is 2.84 bits per heavy atom. The number of fused-ring (bicyclic) bond motifs is 1. The number of phenolic OH excluding ortho intramolecular Hbond substituents is 1. The van der Waals surface area contributed by atoms with Crippen LogP contribution in [0.15, 0.2) is 52.3 Å². The third-order valence-corrected chi connectivity index (χ3v) is 6.38. The van der Waals surface area contributed by atoms with Gasteiger partial charge < -0.3 is 23.9 Å². The van der Waals surface area contributed by atoms with E-state index < -0.39 is 30.1 Å². The first-order valence-corrected chi connectivity index (χ1v) is 10.9. The summed E-state index contributed by atoms with van der Waals surface area (Å²) >= 11 is 0. The van der Waals surface area contributed by atoms with Crippen molar-refractivity contribution in [3.8, 4) is 11.5 Å². The molecule has 32 heavy (non-hydrogen) atoms. The molecule has 1 N–H and O–H groups in total. The Labute approximate surface area is 184 Å². The van der Waals surface area contributed by atoms with E-state index in [0.29, 0.717) is 30.8 Å². The molecule has 8 heteroatoms. The number of alkyl halides is 1. The molecule has 1 saturated carbocycles. The van der Waals surface area contributed by atoms with Crippen molar-refractivity contribution in [2.45, 2.75) is 51.0 Å². The van der Waals surface area contributed by atoms with E-state index in [-0.39, 0.29) is 41.6 Å². The fraction of sp³-hybridized carbons (Fsp3) is 0.417. The first-order chi connectivity index (χ1) is 15.5. The van der Waals surface area contributed by atoms with Crippen LogP contribution < -0.4 is 4.74 Å². The number of benzene rings is 1. The second kappa shape index (κ2) is 8.00. The van der Waals surface area contributed by atoms with Crippen LogP contribution in [0.25, 0.3) is 0 Å². The highest BCUT2D eigenvalue weighted by Crippen LogP contribution is 2.48. The molecular weight excluding hydrogens is 417 g/mol. The molecule has 4 unspecified atom stereocenters. The summed E-state index contributed by atoms with van der Waals surface area (Å²) in [7, 11) is 0. The van der Waals surface area contributed by atoms with Gasteiger partial charge in [0.05, 0.1) is 36.9 Å². The summed E-state index contributed by atoms with van der Waals surface area (Å²) in [5, 5.41) is 10.1. The first kappa shape index (κ1) is 20.6. The van der Waals surface area contributed by atoms with Crippen LogP contribution in [0.3, 0.4) is 0 Å². The van der Waals surface area contributed by atoms with Gasteiger partial charge in [0, 0.05) is 0 Å². The summed E-state index contributed by atoms with van der Waals surface area (Å²) in [5.41, 5.74) is 0.837. The van der Waals surface area contributed by atoms with Gasteiger partial charge in [-0.25, -0.2) is 4.39 Å². The number of furan rings is 1. The number of Topliss-reactive ketones (excluding diaryl/α,β-unsaturated/α-hetero) is 1. The van der Waals surface area contributed by atoms with Gasteiger partial charge in [0.15, 0.2) is 23.0 Å². The molecule has 3 aliphatic rings. The maximum absolute atomic E-state index is 14.1. The Morgan fingerprint density at radius 1 is 1.25 bits per heavy atom. The molecule has 4 atom stereocenters. The van der Waals surface area contributed by atoms with E-state index in [0.717, 1.165) is 0 Å². The Morgan fingerprint density at radius 2 is 2.09 bits per heavy atom. The van der Waals surface area contributed by atoms with Crippen molar-refractivity contribution in [2.75, 3.05) is 6.61 Å². The Hall–Kier alpha value is -3.29. The molecule has 1 fully saturated rings. The largest absolute Gasteiger partial charge is 0.504 e. The summed E-state index contributed by atoms with van der Waals surface area (Å²) in [6.07, 6.45) is 0.792. The number of hydrogen-bond acceptors (Lipinski definition) is 6. The summed E-state index contributed by atoms with van der Waals surface area (Å²) in [6.45, 7) is 2.27. The van der Waals surface area contributed by atoms with E-state index in [2.05, 4.69) is 0 Å². The fourth-order valence-electron chi connectivity index (χ4n) is 4.91. The van der Waals surface area contributed by atoms with Gasteiger partial charge in [0.25, 0.3) is 5.91 Å². The molecule has 168 valence electrons. The molecule has 0 bridgehead atoms. The molecule has 1 aliphatic carbocycles. The summed E-state index contributed by atoms with van der Waals surface area (Å²) in [4.78, 5) is 28.5. The summed E-state index contributed by atoms with van der Waals surface area (Å²) < 4.78 is 31.1. The average molecular weight is 441 g/mol. The van der Waals surface area contributed by atoms with Crippen LogP contribution >= 0.6 is 0 Å². The van der Waals surface area contributed by atoms with Crippen molar-refractivity contribution in [1.29, 1.82) is 0 Å². The highest BCUT2D eigenvalue weighted by Gasteiger charge is 2.53. The molecule has 0 radical (unpaired) electrons. The monoisotopic (exact) mass is 441 g/mol. The Bertz CT molecular complexity index is 1080. The van der Waals surface area contributed by atoms with Gasteiger partial charge in [-0.2, -0.15) is 0 Å². The zero-order valence-electron chi connectivity index (χ0n) is 17.6. The number of ketones is 1. The maximum atomic E-state index is 14.1. The molecule has 0 saturated heterocycles. The molecule has 5 rings (SSSR count). The second-order valence-electron chi connectivity index (χ2n) is 8.36. The molecule has 7 nitrogen and oxygen atoms in total. The number of hydrogen-bond donors (Lipinski definition) is 1. The third kappa shape index (κ3) is 3.34. The van der Waals surface area contributed by atoms with Crippen LogP contribution in [0.1, 0.15) is 43.6 Å². The molecule has 0 spiro atoms. The number of rotatable bonds is 5. The van der Waals surface area contributed by atoms with Crippen molar-refractivity contribution < 1.29 is 33.0 Å². The SMILES string of the molecule is CCOc1cc(C2C3=C(OC4CCC(F)CC4C3=O)C(=O)N2Cc2ccco2)ccc1O. The van der Waals surface area contributed by atoms with Gasteiger partial charge in [-0.05, 0) is 56.0 Å². The van der Waals surface area contributed by atoms with E-state index in [1.807, 2.05) is 0 Å². The number of phenols is 1. The van der Waals surface area contributed by atoms with Crippen molar-refractivity contribution >= 4 is 11.7 Å². The number of halogens is 1. The normalized spacial score (nSPS) is 27.2. The number of amides is 1. The molecule has 3 heterocycles. The van der Waals surface area contributed by atoms with Gasteiger partial charge in [0.1, 0.15) is 18.0 Å². The lowest BCUT2D eigenvalue weighted by Gasteiger charge is -2.36. The van der Waals surface area contributed by atoms with E-state index in [1.165, 1.54) is 17.2 Å². The zero-order chi connectivity index (χ0) is 22.4. The van der Waals surface area contributed by atoms with Gasteiger partial charge in [0.2, 0.25) is 0 Å². The summed E-state index contributed by atoms with van der Waals surface area (Å²) in [6, 6.07) is 7.47. The van der Waals surface area contributed by atoms with Gasteiger partial charge >= 0.3 is 0 Å². The Balaban J connectivity index is 1.59. The number of carbonyl (C=O) groups is 2. The minimum Gasteiger partial charge on any atom is -0.504 e. The van der Waals surface area contributed by atoms with Crippen LogP contribution in [0.5, 0.6) is 11.5 Å². The molecular formula is C24H24FNO6. The lowest BCUT2D eigenvalue weighted by Crippen LogP contribution is -2.42. The highest BCUT2D eigenvalue weighted by atomic mass is 19.1. The number of carbonyl (C=O) groups excluding carboxylic acids is 2. The molecule has 1 aromatic heterocycles. The molecule has 2 aliphatic heterocycles. The topological polar surface area (TPSA) is 89.2 Å². The van der Waals surface area contributed by atoms with Crippen molar-refractivity contribution in [2.24, 2.45) is 5.92 Å². The van der Waals surface area contributed by atoms with Gasteiger partial charge in [-0.3, -0.25) is 9.59 Å². The summed E-state index contributed by atoms with van der Waals surface area (Å²) in [5.74, 6) is -0.443. The second-order valence-corrected chi connectivity index (χ2v) is 8.36.